The van der Waals surface area contributed by atoms with E-state index in [2.05, 4.69) is 30.5 Å². The van der Waals surface area contributed by atoms with Crippen molar-refractivity contribution >= 4 is 11.8 Å². The van der Waals surface area contributed by atoms with E-state index in [0.29, 0.717) is 12.5 Å². The summed E-state index contributed by atoms with van der Waals surface area (Å²) in [5.74, 6) is -0.224. The maximum Gasteiger partial charge on any atom is 0.353 e. The molecule has 0 amide bonds. The summed E-state index contributed by atoms with van der Waals surface area (Å²) in [5, 5.41) is 4.49. The Balaban J connectivity index is 0.000000591. The summed E-state index contributed by atoms with van der Waals surface area (Å²) in [5.41, 5.74) is 1.96. The van der Waals surface area contributed by atoms with Crippen molar-refractivity contribution in [2.75, 3.05) is 19.0 Å². The van der Waals surface area contributed by atoms with Gasteiger partial charge in [0, 0.05) is 30.6 Å². The fourth-order valence-corrected chi connectivity index (χ4v) is 2.27. The van der Waals surface area contributed by atoms with Crippen molar-refractivity contribution in [3.05, 3.63) is 48.0 Å². The van der Waals surface area contributed by atoms with E-state index in [-0.39, 0.29) is 5.83 Å². The van der Waals surface area contributed by atoms with Gasteiger partial charge in [-0.15, -0.1) is 0 Å². The molecule has 0 N–H and O–H groups in total. The quantitative estimate of drug-likeness (QED) is 0.481. The molecule has 170 valence electrons. The summed E-state index contributed by atoms with van der Waals surface area (Å²) in [6.45, 7) is 13.2. The van der Waals surface area contributed by atoms with Crippen LogP contribution in [0.15, 0.2) is 42.3 Å². The molecule has 2 rings (SSSR count). The molecule has 1 atom stereocenters. The van der Waals surface area contributed by atoms with E-state index >= 15 is 0 Å². The topological polar surface area (TPSA) is 47.4 Å². The van der Waals surface area contributed by atoms with E-state index in [1.807, 2.05) is 45.0 Å². The van der Waals surface area contributed by atoms with Crippen molar-refractivity contribution in [3.8, 4) is 0 Å². The highest BCUT2D eigenvalue weighted by Crippen LogP contribution is 2.40. The van der Waals surface area contributed by atoms with Crippen LogP contribution in [0.4, 0.5) is 14.7 Å². The lowest BCUT2D eigenvalue weighted by atomic mass is 10.2. The first-order valence-electron chi connectivity index (χ1n) is 10.3. The number of carbonyl (C=O) groups excluding carboxylic acids is 1. The molecule has 0 bridgehead atoms. The predicted molar refractivity (Wildman–Crippen MR) is 120 cm³/mol. The lowest BCUT2D eigenvalue weighted by Gasteiger charge is -2.16. The van der Waals surface area contributed by atoms with Crippen LogP contribution in [0.2, 0.25) is 0 Å². The maximum atomic E-state index is 12.3. The highest BCUT2D eigenvalue weighted by molar-refractivity contribution is 5.71. The number of allylic oxidation sites excluding steroid dienone is 5. The van der Waals surface area contributed by atoms with Crippen LogP contribution in [0, 0.1) is 5.92 Å². The Hall–Kier alpha value is -2.44. The molecule has 1 aliphatic rings. The Morgan fingerprint density at radius 1 is 1.43 bits per heavy atom. The van der Waals surface area contributed by atoms with Crippen LogP contribution in [0.3, 0.4) is 0 Å². The van der Waals surface area contributed by atoms with Crippen molar-refractivity contribution in [2.45, 2.75) is 66.3 Å². The van der Waals surface area contributed by atoms with E-state index in [9.17, 15) is 13.7 Å². The second-order valence-electron chi connectivity index (χ2n) is 7.55. The molecule has 1 unspecified atom stereocenters. The number of carbonyl (C=O) groups is 1. The second-order valence-corrected chi connectivity index (χ2v) is 7.55. The van der Waals surface area contributed by atoms with Gasteiger partial charge in [-0.25, -0.2) is 13.9 Å². The maximum absolute atomic E-state index is 12.3. The van der Waals surface area contributed by atoms with Gasteiger partial charge in [0.15, 0.2) is 0 Å². The standard InChI is InChI=1S/C12H18FN3O2.C8H11F.C3H8/c1-8(12(17)18-13)7-16-11(15(2)3)6-10(14-16)9-4-5-9;1-4-7(3)6-8(9)5-2;1-3-2/h6,8-9H,4-5,7H2,1-3H3;4-6H,2H2,1,3H3;3H2,1-2H3/b;7-4-,8-6+;. The summed E-state index contributed by atoms with van der Waals surface area (Å²) in [4.78, 5) is 16.3. The Morgan fingerprint density at radius 3 is 2.40 bits per heavy atom. The van der Waals surface area contributed by atoms with Crippen molar-refractivity contribution < 1.29 is 18.7 Å². The first-order chi connectivity index (χ1) is 14.1. The van der Waals surface area contributed by atoms with Gasteiger partial charge in [-0.05, 0) is 45.8 Å². The van der Waals surface area contributed by atoms with E-state index in [1.54, 1.807) is 11.6 Å². The highest BCUT2D eigenvalue weighted by atomic mass is 19.3. The van der Waals surface area contributed by atoms with Gasteiger partial charge in [-0.2, -0.15) is 5.10 Å². The number of hydrogen-bond acceptors (Lipinski definition) is 4. The van der Waals surface area contributed by atoms with Gasteiger partial charge in [-0.3, -0.25) is 4.94 Å². The van der Waals surface area contributed by atoms with Gasteiger partial charge in [-0.1, -0.05) is 38.5 Å². The van der Waals surface area contributed by atoms with Crippen LogP contribution in [0.5, 0.6) is 0 Å². The van der Waals surface area contributed by atoms with E-state index in [0.717, 1.165) is 17.1 Å². The largest absolute Gasteiger partial charge is 0.363 e. The monoisotopic (exact) mass is 425 g/mol. The molecule has 0 saturated heterocycles. The summed E-state index contributed by atoms with van der Waals surface area (Å²) in [6, 6.07) is 2.03. The molecule has 1 aromatic heterocycles. The third-order valence-electron chi connectivity index (χ3n) is 4.17. The summed E-state index contributed by atoms with van der Waals surface area (Å²) >= 11 is 0. The lowest BCUT2D eigenvalue weighted by molar-refractivity contribution is -0.188. The highest BCUT2D eigenvalue weighted by Gasteiger charge is 2.28. The molecule has 1 heterocycles. The Morgan fingerprint density at radius 2 is 2.00 bits per heavy atom. The summed E-state index contributed by atoms with van der Waals surface area (Å²) in [7, 11) is 3.84. The SMILES string of the molecule is C=C/C(F)=C\C(C)=C/C.CC(Cn1nc(C2CC2)cc1N(C)C)C(=O)OF.CCC. The molecule has 0 radical (unpaired) electrons. The fourth-order valence-electron chi connectivity index (χ4n) is 2.27. The Labute approximate surface area is 180 Å². The molecule has 1 fully saturated rings. The van der Waals surface area contributed by atoms with Crippen LogP contribution in [-0.4, -0.2) is 29.8 Å². The molecule has 1 aliphatic carbocycles. The minimum atomic E-state index is -0.858. The van der Waals surface area contributed by atoms with Gasteiger partial charge in [0.25, 0.3) is 0 Å². The second kappa shape index (κ2) is 14.5. The third-order valence-corrected chi connectivity index (χ3v) is 4.17. The molecule has 1 saturated carbocycles. The number of rotatable bonds is 7. The normalized spacial score (nSPS) is 14.6. The van der Waals surface area contributed by atoms with E-state index in [1.165, 1.54) is 31.4 Å². The predicted octanol–water partition coefficient (Wildman–Crippen LogP) is 6.30. The van der Waals surface area contributed by atoms with Gasteiger partial charge in [0.1, 0.15) is 11.6 Å². The minimum Gasteiger partial charge on any atom is -0.363 e. The van der Waals surface area contributed by atoms with Crippen LogP contribution < -0.4 is 4.90 Å². The molecule has 0 aromatic carbocycles. The average molecular weight is 426 g/mol. The van der Waals surface area contributed by atoms with Gasteiger partial charge in [0.2, 0.25) is 0 Å². The third kappa shape index (κ3) is 10.4. The molecule has 5 nitrogen and oxygen atoms in total. The molecule has 0 spiro atoms. The van der Waals surface area contributed by atoms with Crippen molar-refractivity contribution in [1.29, 1.82) is 0 Å². The van der Waals surface area contributed by atoms with Crippen molar-refractivity contribution in [2.24, 2.45) is 5.92 Å². The Bertz CT molecular complexity index is 720. The van der Waals surface area contributed by atoms with Crippen LogP contribution in [-0.2, 0) is 16.3 Å². The number of nitrogens with zero attached hydrogens (tertiary/aromatic N) is 3. The average Bonchev–Trinajstić information content (AvgIpc) is 3.48. The zero-order valence-electron chi connectivity index (χ0n) is 19.4. The molecule has 7 heteroatoms. The smallest absolute Gasteiger partial charge is 0.353 e. The van der Waals surface area contributed by atoms with Gasteiger partial charge < -0.3 is 4.90 Å². The van der Waals surface area contributed by atoms with Gasteiger partial charge in [0.05, 0.1) is 18.2 Å². The molecule has 30 heavy (non-hydrogen) atoms. The lowest BCUT2D eigenvalue weighted by Crippen LogP contribution is -2.22. The molecular weight excluding hydrogens is 388 g/mol. The first kappa shape index (κ1) is 27.6. The first-order valence-corrected chi connectivity index (χ1v) is 10.3. The number of aromatic nitrogens is 2. The van der Waals surface area contributed by atoms with Crippen molar-refractivity contribution in [3.63, 3.8) is 0 Å². The number of halogens is 2. The Kier molecular flexibility index (Phi) is 13.3. The van der Waals surface area contributed by atoms with Gasteiger partial charge >= 0.3 is 5.97 Å². The van der Waals surface area contributed by atoms with Crippen molar-refractivity contribution in [1.82, 2.24) is 9.78 Å². The number of hydrogen-bond donors (Lipinski definition) is 0. The minimum absolute atomic E-state index is 0.286. The molecule has 1 aromatic rings. The van der Waals surface area contributed by atoms with Crippen LogP contribution >= 0.6 is 0 Å². The number of anilines is 1. The zero-order chi connectivity index (χ0) is 23.3. The van der Waals surface area contributed by atoms with E-state index in [4.69, 9.17) is 0 Å². The van der Waals surface area contributed by atoms with E-state index < -0.39 is 11.9 Å². The zero-order valence-corrected chi connectivity index (χ0v) is 19.4. The summed E-state index contributed by atoms with van der Waals surface area (Å²) < 4.78 is 25.9. The summed E-state index contributed by atoms with van der Waals surface area (Å²) in [6.07, 6.45) is 8.06. The van der Waals surface area contributed by atoms with Crippen LogP contribution in [0.25, 0.3) is 0 Å². The fraction of sp³-hybridized carbons (Fsp3) is 0.565. The molecular formula is C23H37F2N3O2. The molecule has 0 aliphatic heterocycles. The van der Waals surface area contributed by atoms with Crippen LogP contribution in [0.1, 0.15) is 65.5 Å².